The van der Waals surface area contributed by atoms with Gasteiger partial charge in [-0.3, -0.25) is 4.79 Å². The van der Waals surface area contributed by atoms with Crippen molar-refractivity contribution in [1.29, 1.82) is 0 Å². The minimum atomic E-state index is 0.0654. The number of hydrogen-bond donors (Lipinski definition) is 1. The van der Waals surface area contributed by atoms with Crippen LogP contribution in [0.2, 0.25) is 0 Å². The van der Waals surface area contributed by atoms with Crippen molar-refractivity contribution in [3.8, 4) is 0 Å². The molecule has 0 bridgehead atoms. The molecule has 0 aliphatic carbocycles. The summed E-state index contributed by atoms with van der Waals surface area (Å²) in [6, 6.07) is 0.957. The van der Waals surface area contributed by atoms with Gasteiger partial charge in [-0.1, -0.05) is 13.8 Å². The molecule has 2 saturated heterocycles. The Bertz CT molecular complexity index is 264. The minimum absolute atomic E-state index is 0.0654. The number of hydrogen-bond acceptors (Lipinski definition) is 3. The van der Waals surface area contributed by atoms with E-state index < -0.39 is 0 Å². The Hall–Kier alpha value is -0.220. The fourth-order valence-electron chi connectivity index (χ4n) is 2.79. The second kappa shape index (κ2) is 6.10. The average molecular weight is 256 g/mol. The van der Waals surface area contributed by atoms with E-state index in [0.29, 0.717) is 18.0 Å². The molecule has 0 aromatic carbocycles. The van der Waals surface area contributed by atoms with Gasteiger partial charge in [-0.2, -0.15) is 11.8 Å². The van der Waals surface area contributed by atoms with Crippen LogP contribution in [0.25, 0.3) is 0 Å². The molecule has 2 aliphatic rings. The van der Waals surface area contributed by atoms with Gasteiger partial charge in [0.1, 0.15) is 0 Å². The first-order valence-corrected chi connectivity index (χ1v) is 7.98. The maximum atomic E-state index is 12.4. The predicted molar refractivity (Wildman–Crippen MR) is 73.4 cm³/mol. The van der Waals surface area contributed by atoms with Crippen molar-refractivity contribution in [2.45, 2.75) is 57.7 Å². The van der Waals surface area contributed by atoms with Gasteiger partial charge in [-0.05, 0) is 31.4 Å². The maximum Gasteiger partial charge on any atom is 0.239 e. The third-order valence-corrected chi connectivity index (χ3v) is 4.78. The number of carbonyl (C=O) groups is 1. The molecule has 2 heterocycles. The van der Waals surface area contributed by atoms with E-state index in [1.54, 1.807) is 0 Å². The summed E-state index contributed by atoms with van der Waals surface area (Å²) in [5.41, 5.74) is 0. The Kier molecular flexibility index (Phi) is 4.74. The Morgan fingerprint density at radius 2 is 2.18 bits per heavy atom. The molecule has 2 atom stereocenters. The first-order chi connectivity index (χ1) is 8.18. The van der Waals surface area contributed by atoms with Crippen LogP contribution in [0.1, 0.15) is 39.5 Å². The molecule has 0 aromatic heterocycles. The molecule has 2 unspecified atom stereocenters. The average Bonchev–Trinajstić information content (AvgIpc) is 2.32. The van der Waals surface area contributed by atoms with Crippen LogP contribution in [0.5, 0.6) is 0 Å². The monoisotopic (exact) mass is 256 g/mol. The van der Waals surface area contributed by atoms with Crippen LogP contribution in [-0.2, 0) is 4.79 Å². The quantitative estimate of drug-likeness (QED) is 0.836. The molecule has 1 N–H and O–H groups in total. The number of rotatable bonds is 3. The summed E-state index contributed by atoms with van der Waals surface area (Å²) < 4.78 is 0. The highest BCUT2D eigenvalue weighted by Crippen LogP contribution is 2.25. The van der Waals surface area contributed by atoms with Crippen LogP contribution in [-0.4, -0.2) is 47.0 Å². The Balaban J connectivity index is 1.95. The van der Waals surface area contributed by atoms with E-state index in [1.165, 1.54) is 18.6 Å². The summed E-state index contributed by atoms with van der Waals surface area (Å²) in [6.07, 6.45) is 4.62. The Labute approximate surface area is 109 Å². The van der Waals surface area contributed by atoms with Crippen LogP contribution < -0.4 is 5.32 Å². The van der Waals surface area contributed by atoms with E-state index in [4.69, 9.17) is 0 Å². The third kappa shape index (κ3) is 3.38. The summed E-state index contributed by atoms with van der Waals surface area (Å²) in [4.78, 5) is 14.6. The number of carbonyl (C=O) groups excluding carboxylic acids is 1. The summed E-state index contributed by atoms with van der Waals surface area (Å²) in [5, 5.41) is 3.40. The Morgan fingerprint density at radius 3 is 2.82 bits per heavy atom. The number of nitrogens with zero attached hydrogens (tertiary/aromatic N) is 1. The number of nitrogens with one attached hydrogen (secondary N) is 1. The van der Waals surface area contributed by atoms with Crippen molar-refractivity contribution in [3.63, 3.8) is 0 Å². The molecule has 2 rings (SSSR count). The van der Waals surface area contributed by atoms with Crippen molar-refractivity contribution in [1.82, 2.24) is 10.2 Å². The van der Waals surface area contributed by atoms with Crippen LogP contribution in [0.15, 0.2) is 0 Å². The number of likely N-dealkylation sites (tertiary alicyclic amines) is 1. The molecule has 1 amide bonds. The van der Waals surface area contributed by atoms with E-state index in [9.17, 15) is 4.79 Å². The summed E-state index contributed by atoms with van der Waals surface area (Å²) in [5.74, 6) is 2.75. The SMILES string of the molecule is CC(C)NC1CCCN(C2CCCSC2)C1=O. The lowest BCUT2D eigenvalue weighted by Gasteiger charge is -2.40. The first-order valence-electron chi connectivity index (χ1n) is 6.82. The van der Waals surface area contributed by atoms with Gasteiger partial charge in [0.25, 0.3) is 0 Å². The lowest BCUT2D eigenvalue weighted by Crippen LogP contribution is -2.56. The molecule has 0 saturated carbocycles. The summed E-state index contributed by atoms with van der Waals surface area (Å²) >= 11 is 2.00. The van der Waals surface area contributed by atoms with Crippen LogP contribution in [0.3, 0.4) is 0 Å². The highest BCUT2D eigenvalue weighted by atomic mass is 32.2. The zero-order valence-corrected chi connectivity index (χ0v) is 11.8. The van der Waals surface area contributed by atoms with E-state index >= 15 is 0 Å². The van der Waals surface area contributed by atoms with Crippen molar-refractivity contribution in [3.05, 3.63) is 0 Å². The van der Waals surface area contributed by atoms with Crippen molar-refractivity contribution in [2.75, 3.05) is 18.1 Å². The molecular formula is C13H24N2OS. The second-order valence-corrected chi connectivity index (χ2v) is 6.57. The standard InChI is InChI=1S/C13H24N2OS/c1-10(2)14-12-6-3-7-15(13(12)16)11-5-4-8-17-9-11/h10-12,14H,3-9H2,1-2H3. The van der Waals surface area contributed by atoms with E-state index in [1.807, 2.05) is 11.8 Å². The lowest BCUT2D eigenvalue weighted by molar-refractivity contribution is -0.138. The molecule has 17 heavy (non-hydrogen) atoms. The molecule has 0 radical (unpaired) electrons. The van der Waals surface area contributed by atoms with E-state index in [2.05, 4.69) is 24.1 Å². The van der Waals surface area contributed by atoms with Gasteiger partial charge < -0.3 is 10.2 Å². The van der Waals surface area contributed by atoms with E-state index in [-0.39, 0.29) is 6.04 Å². The van der Waals surface area contributed by atoms with Gasteiger partial charge in [-0.15, -0.1) is 0 Å². The van der Waals surface area contributed by atoms with Crippen molar-refractivity contribution in [2.24, 2.45) is 0 Å². The van der Waals surface area contributed by atoms with E-state index in [0.717, 1.165) is 25.1 Å². The van der Waals surface area contributed by atoms with Gasteiger partial charge in [0, 0.05) is 24.4 Å². The molecule has 2 fully saturated rings. The third-order valence-electron chi connectivity index (χ3n) is 3.58. The summed E-state index contributed by atoms with van der Waals surface area (Å²) in [7, 11) is 0. The van der Waals surface area contributed by atoms with Crippen LogP contribution >= 0.6 is 11.8 Å². The predicted octanol–water partition coefficient (Wildman–Crippen LogP) is 1.87. The van der Waals surface area contributed by atoms with Crippen LogP contribution in [0.4, 0.5) is 0 Å². The fourth-order valence-corrected chi connectivity index (χ4v) is 3.94. The smallest absolute Gasteiger partial charge is 0.239 e. The Morgan fingerprint density at radius 1 is 1.35 bits per heavy atom. The minimum Gasteiger partial charge on any atom is -0.338 e. The van der Waals surface area contributed by atoms with Gasteiger partial charge in [0.05, 0.1) is 6.04 Å². The summed E-state index contributed by atoms with van der Waals surface area (Å²) in [6.45, 7) is 5.20. The first kappa shape index (κ1) is 13.2. The molecule has 4 heteroatoms. The normalized spacial score (nSPS) is 31.0. The highest BCUT2D eigenvalue weighted by molar-refractivity contribution is 7.99. The van der Waals surface area contributed by atoms with Crippen molar-refractivity contribution >= 4 is 17.7 Å². The van der Waals surface area contributed by atoms with Gasteiger partial charge >= 0.3 is 0 Å². The molecule has 0 spiro atoms. The number of thioether (sulfide) groups is 1. The maximum absolute atomic E-state index is 12.4. The topological polar surface area (TPSA) is 32.3 Å². The van der Waals surface area contributed by atoms with Gasteiger partial charge in [0.2, 0.25) is 5.91 Å². The lowest BCUT2D eigenvalue weighted by atomic mass is 10.0. The molecule has 2 aliphatic heterocycles. The second-order valence-electron chi connectivity index (χ2n) is 5.42. The zero-order valence-electron chi connectivity index (χ0n) is 10.9. The molecule has 0 aromatic rings. The van der Waals surface area contributed by atoms with Gasteiger partial charge in [-0.25, -0.2) is 0 Å². The fraction of sp³-hybridized carbons (Fsp3) is 0.923. The number of amides is 1. The molecular weight excluding hydrogens is 232 g/mol. The van der Waals surface area contributed by atoms with Crippen molar-refractivity contribution < 1.29 is 4.79 Å². The van der Waals surface area contributed by atoms with Gasteiger partial charge in [0.15, 0.2) is 0 Å². The highest BCUT2D eigenvalue weighted by Gasteiger charge is 2.33. The molecule has 3 nitrogen and oxygen atoms in total. The zero-order chi connectivity index (χ0) is 12.3. The number of piperidine rings is 1. The molecule has 98 valence electrons. The van der Waals surface area contributed by atoms with Crippen LogP contribution in [0, 0.1) is 0 Å². The largest absolute Gasteiger partial charge is 0.338 e.